The van der Waals surface area contributed by atoms with Gasteiger partial charge in [-0.05, 0) is 41.6 Å². The largest absolute Gasteiger partial charge is 0.496 e. The van der Waals surface area contributed by atoms with Crippen LogP contribution in [0.5, 0.6) is 5.75 Å². The first kappa shape index (κ1) is 22.6. The molecule has 31 heavy (non-hydrogen) atoms. The minimum Gasteiger partial charge on any atom is -0.496 e. The van der Waals surface area contributed by atoms with E-state index in [1.54, 1.807) is 30.8 Å². The van der Waals surface area contributed by atoms with Crippen LogP contribution in [0.15, 0.2) is 77.7 Å². The van der Waals surface area contributed by atoms with Crippen LogP contribution in [0.25, 0.3) is 0 Å². The Balaban J connectivity index is 1.69. The number of hydrogen-bond donors (Lipinski definition) is 1. The number of amides is 2. The summed E-state index contributed by atoms with van der Waals surface area (Å²) in [5.74, 6) is 0.826. The highest BCUT2D eigenvalue weighted by Gasteiger charge is 2.14. The van der Waals surface area contributed by atoms with Crippen LogP contribution in [0.4, 0.5) is 16.2 Å². The number of nitrogens with one attached hydrogen (secondary N) is 1. The van der Waals surface area contributed by atoms with E-state index in [1.807, 2.05) is 74.0 Å². The van der Waals surface area contributed by atoms with Crippen LogP contribution in [0.3, 0.4) is 0 Å². The molecule has 0 bridgehead atoms. The fourth-order valence-corrected chi connectivity index (χ4v) is 3.94. The molecule has 3 rings (SSSR count). The summed E-state index contributed by atoms with van der Waals surface area (Å²) in [6.45, 7) is 1.24. The van der Waals surface area contributed by atoms with Gasteiger partial charge in [-0.25, -0.2) is 4.79 Å². The van der Waals surface area contributed by atoms with Gasteiger partial charge in [0.1, 0.15) is 5.75 Å². The summed E-state index contributed by atoms with van der Waals surface area (Å²) in [5, 5.41) is 3.06. The molecule has 0 saturated carbocycles. The Labute approximate surface area is 189 Å². The number of thioether (sulfide) groups is 1. The fourth-order valence-electron chi connectivity index (χ4n) is 3.39. The smallest absolute Gasteiger partial charge is 0.321 e. The molecule has 5 nitrogen and oxygen atoms in total. The van der Waals surface area contributed by atoms with Gasteiger partial charge in [-0.2, -0.15) is 0 Å². The van der Waals surface area contributed by atoms with E-state index in [0.717, 1.165) is 34.1 Å². The summed E-state index contributed by atoms with van der Waals surface area (Å²) >= 11 is 1.64. The van der Waals surface area contributed by atoms with Crippen LogP contribution in [-0.4, -0.2) is 38.4 Å². The van der Waals surface area contributed by atoms with E-state index in [0.29, 0.717) is 6.54 Å². The topological polar surface area (TPSA) is 44.8 Å². The van der Waals surface area contributed by atoms with E-state index in [9.17, 15) is 4.79 Å². The van der Waals surface area contributed by atoms with Crippen LogP contribution in [0.2, 0.25) is 0 Å². The zero-order valence-corrected chi connectivity index (χ0v) is 19.3. The van der Waals surface area contributed by atoms with Gasteiger partial charge in [0.05, 0.1) is 18.5 Å². The molecule has 0 aromatic heterocycles. The van der Waals surface area contributed by atoms with Gasteiger partial charge in [0, 0.05) is 32.1 Å². The fraction of sp³-hybridized carbons (Fsp3) is 0.240. The lowest BCUT2D eigenvalue weighted by Gasteiger charge is -2.24. The summed E-state index contributed by atoms with van der Waals surface area (Å²) in [5.41, 5.74) is 3.99. The van der Waals surface area contributed by atoms with Gasteiger partial charge >= 0.3 is 6.03 Å². The van der Waals surface area contributed by atoms with Crippen molar-refractivity contribution in [2.24, 2.45) is 0 Å². The van der Waals surface area contributed by atoms with Gasteiger partial charge in [-0.3, -0.25) is 0 Å². The summed E-state index contributed by atoms with van der Waals surface area (Å²) in [6, 6.07) is 24.0. The molecule has 6 heteroatoms. The van der Waals surface area contributed by atoms with Crippen molar-refractivity contribution in [2.75, 3.05) is 37.7 Å². The normalized spacial score (nSPS) is 10.5. The van der Waals surface area contributed by atoms with Gasteiger partial charge in [0.15, 0.2) is 0 Å². The van der Waals surface area contributed by atoms with E-state index in [4.69, 9.17) is 4.74 Å². The number of hydrogen-bond acceptors (Lipinski definition) is 4. The number of urea groups is 1. The van der Waals surface area contributed by atoms with Crippen LogP contribution >= 0.6 is 11.8 Å². The third kappa shape index (κ3) is 5.95. The van der Waals surface area contributed by atoms with Gasteiger partial charge in [0.2, 0.25) is 0 Å². The van der Waals surface area contributed by atoms with E-state index in [-0.39, 0.29) is 6.03 Å². The summed E-state index contributed by atoms with van der Waals surface area (Å²) in [7, 11) is 5.49. The Morgan fingerprint density at radius 1 is 0.935 bits per heavy atom. The molecule has 0 atom stereocenters. The zero-order valence-electron chi connectivity index (χ0n) is 18.5. The molecule has 0 fully saturated rings. The minimum absolute atomic E-state index is 0.159. The highest BCUT2D eigenvalue weighted by molar-refractivity contribution is 7.98. The molecule has 0 aliphatic rings. The van der Waals surface area contributed by atoms with E-state index < -0.39 is 0 Å². The van der Waals surface area contributed by atoms with Crippen molar-refractivity contribution in [3.05, 3.63) is 83.9 Å². The summed E-state index contributed by atoms with van der Waals surface area (Å²) < 4.78 is 5.46. The molecule has 0 radical (unpaired) electrons. The van der Waals surface area contributed by atoms with Crippen molar-refractivity contribution >= 4 is 29.2 Å². The average Bonchev–Trinajstić information content (AvgIpc) is 2.79. The minimum atomic E-state index is -0.159. The van der Waals surface area contributed by atoms with Crippen molar-refractivity contribution in [3.63, 3.8) is 0 Å². The number of benzene rings is 3. The second-order valence-corrected chi connectivity index (χ2v) is 8.18. The first-order chi connectivity index (χ1) is 15.0. The number of ether oxygens (including phenoxy) is 1. The van der Waals surface area contributed by atoms with Crippen LogP contribution in [0, 0.1) is 0 Å². The lowest BCUT2D eigenvalue weighted by molar-refractivity contribution is 0.220. The molecular formula is C25H29N3O2S. The van der Waals surface area contributed by atoms with Crippen molar-refractivity contribution in [3.8, 4) is 5.75 Å². The average molecular weight is 436 g/mol. The van der Waals surface area contributed by atoms with Gasteiger partial charge in [-0.1, -0.05) is 48.5 Å². The number of methoxy groups -OCH3 is 1. The standard InChI is InChI=1S/C25H29N3O2S/c1-27(17-19-10-6-5-7-11-19)22-13-9-8-12-21(22)26-25(29)28(2)18-20-14-15-24(31-4)23(16-20)30-3/h5-16H,17-18H2,1-4H3,(H,26,29). The molecule has 1 N–H and O–H groups in total. The highest BCUT2D eigenvalue weighted by atomic mass is 32.2. The quantitative estimate of drug-likeness (QED) is 0.460. The number of rotatable bonds is 8. The molecule has 3 aromatic carbocycles. The zero-order chi connectivity index (χ0) is 22.2. The number of carbonyl (C=O) groups is 1. The predicted octanol–water partition coefficient (Wildman–Crippen LogP) is 5.72. The van der Waals surface area contributed by atoms with Gasteiger partial charge in [-0.15, -0.1) is 11.8 Å². The Morgan fingerprint density at radius 3 is 2.35 bits per heavy atom. The molecule has 2 amide bonds. The first-order valence-electron chi connectivity index (χ1n) is 10.1. The number of carbonyl (C=O) groups excluding carboxylic acids is 1. The molecule has 162 valence electrons. The van der Waals surface area contributed by atoms with E-state index in [2.05, 4.69) is 22.3 Å². The van der Waals surface area contributed by atoms with Crippen LogP contribution in [-0.2, 0) is 13.1 Å². The molecular weight excluding hydrogens is 406 g/mol. The Hall–Kier alpha value is -3.12. The molecule has 0 saturated heterocycles. The van der Waals surface area contributed by atoms with E-state index in [1.165, 1.54) is 5.56 Å². The molecule has 0 aliphatic heterocycles. The number of para-hydroxylation sites is 2. The van der Waals surface area contributed by atoms with Crippen LogP contribution < -0.4 is 15.0 Å². The van der Waals surface area contributed by atoms with Crippen molar-refractivity contribution in [1.29, 1.82) is 0 Å². The maximum Gasteiger partial charge on any atom is 0.321 e. The monoisotopic (exact) mass is 435 g/mol. The second kappa shape index (κ2) is 10.8. The third-order valence-electron chi connectivity index (χ3n) is 5.03. The highest BCUT2D eigenvalue weighted by Crippen LogP contribution is 2.29. The van der Waals surface area contributed by atoms with Crippen molar-refractivity contribution in [2.45, 2.75) is 18.0 Å². The van der Waals surface area contributed by atoms with E-state index >= 15 is 0 Å². The Kier molecular flexibility index (Phi) is 7.84. The lowest BCUT2D eigenvalue weighted by atomic mass is 10.2. The number of anilines is 2. The SMILES string of the molecule is COc1cc(CN(C)C(=O)Nc2ccccc2N(C)Cc2ccccc2)ccc1SC. The van der Waals surface area contributed by atoms with Gasteiger partial charge in [0.25, 0.3) is 0 Å². The number of nitrogens with zero attached hydrogens (tertiary/aromatic N) is 2. The first-order valence-corrected chi connectivity index (χ1v) is 11.3. The predicted molar refractivity (Wildman–Crippen MR) is 130 cm³/mol. The summed E-state index contributed by atoms with van der Waals surface area (Å²) in [4.78, 5) is 17.8. The molecule has 0 unspecified atom stereocenters. The molecule has 3 aromatic rings. The maximum atomic E-state index is 12.9. The van der Waals surface area contributed by atoms with Crippen LogP contribution in [0.1, 0.15) is 11.1 Å². The Bertz CT molecular complexity index is 1010. The Morgan fingerprint density at radius 2 is 1.65 bits per heavy atom. The van der Waals surface area contributed by atoms with Crippen molar-refractivity contribution < 1.29 is 9.53 Å². The molecule has 0 heterocycles. The molecule has 0 aliphatic carbocycles. The lowest BCUT2D eigenvalue weighted by Crippen LogP contribution is -2.31. The third-order valence-corrected chi connectivity index (χ3v) is 5.81. The van der Waals surface area contributed by atoms with Crippen molar-refractivity contribution in [1.82, 2.24) is 4.90 Å². The van der Waals surface area contributed by atoms with Gasteiger partial charge < -0.3 is 19.9 Å². The summed E-state index contributed by atoms with van der Waals surface area (Å²) in [6.07, 6.45) is 2.02. The second-order valence-electron chi connectivity index (χ2n) is 7.33. The maximum absolute atomic E-state index is 12.9. The molecule has 0 spiro atoms.